The number of hydrogen-bond donors (Lipinski definition) is 1. The average molecular weight is 378 g/mol. The highest BCUT2D eigenvalue weighted by atomic mass is 16.5. The van der Waals surface area contributed by atoms with Crippen LogP contribution in [0.2, 0.25) is 0 Å². The van der Waals surface area contributed by atoms with Crippen LogP contribution in [-0.2, 0) is 16.0 Å². The summed E-state index contributed by atoms with van der Waals surface area (Å²) in [5, 5.41) is 3.86. The van der Waals surface area contributed by atoms with Crippen LogP contribution in [0.15, 0.2) is 48.7 Å². The molecule has 6 heteroatoms. The molecule has 28 heavy (non-hydrogen) atoms. The van der Waals surface area contributed by atoms with E-state index in [1.54, 1.807) is 45.4 Å². The van der Waals surface area contributed by atoms with Gasteiger partial charge in [0.15, 0.2) is 0 Å². The Balaban J connectivity index is 2.00. The molecule has 144 valence electrons. The molecular weight excluding hydrogens is 356 g/mol. The zero-order valence-electron chi connectivity index (χ0n) is 16.1. The largest absolute Gasteiger partial charge is 0.496 e. The highest BCUT2D eigenvalue weighted by Gasteiger charge is 2.20. The number of amides is 1. The van der Waals surface area contributed by atoms with Crippen LogP contribution in [-0.4, -0.2) is 30.6 Å². The Morgan fingerprint density at radius 2 is 1.89 bits per heavy atom. The fraction of sp³-hybridized carbons (Fsp3) is 0.227. The molecule has 0 unspecified atom stereocenters. The number of fused-ring (bicyclic) bond motifs is 1. The molecule has 1 heterocycles. The number of pyridine rings is 1. The molecule has 0 bridgehead atoms. The normalized spacial score (nSPS) is 10.5. The topological polar surface area (TPSA) is 77.5 Å². The van der Waals surface area contributed by atoms with Crippen LogP contribution in [0.3, 0.4) is 0 Å². The van der Waals surface area contributed by atoms with Crippen LogP contribution < -0.4 is 10.1 Å². The maximum Gasteiger partial charge on any atom is 0.310 e. The molecule has 1 aromatic heterocycles. The van der Waals surface area contributed by atoms with Crippen molar-refractivity contribution >= 4 is 28.5 Å². The molecule has 0 saturated carbocycles. The molecule has 0 aliphatic carbocycles. The summed E-state index contributed by atoms with van der Waals surface area (Å²) in [6, 6.07) is 12.8. The Hall–Kier alpha value is -3.41. The number of carbonyl (C=O) groups is 2. The summed E-state index contributed by atoms with van der Waals surface area (Å²) in [6.07, 6.45) is 1.69. The van der Waals surface area contributed by atoms with Crippen LogP contribution in [0.25, 0.3) is 10.9 Å². The first-order chi connectivity index (χ1) is 13.5. The third kappa shape index (κ3) is 3.96. The van der Waals surface area contributed by atoms with Crippen LogP contribution in [0.4, 0.5) is 5.69 Å². The van der Waals surface area contributed by atoms with Crippen molar-refractivity contribution < 1.29 is 19.1 Å². The minimum atomic E-state index is -0.382. The van der Waals surface area contributed by atoms with Crippen molar-refractivity contribution in [1.82, 2.24) is 4.98 Å². The predicted molar refractivity (Wildman–Crippen MR) is 108 cm³/mol. The van der Waals surface area contributed by atoms with Gasteiger partial charge in [-0.3, -0.25) is 14.6 Å². The Bertz CT molecular complexity index is 1020. The van der Waals surface area contributed by atoms with E-state index in [2.05, 4.69) is 10.3 Å². The quantitative estimate of drug-likeness (QED) is 0.658. The van der Waals surface area contributed by atoms with Gasteiger partial charge in [0, 0.05) is 17.1 Å². The second kappa shape index (κ2) is 8.52. The predicted octanol–water partition coefficient (Wildman–Crippen LogP) is 3.91. The lowest BCUT2D eigenvalue weighted by atomic mass is 9.97. The van der Waals surface area contributed by atoms with E-state index in [4.69, 9.17) is 9.47 Å². The molecule has 0 aliphatic rings. The number of rotatable bonds is 6. The van der Waals surface area contributed by atoms with Crippen molar-refractivity contribution in [2.75, 3.05) is 19.0 Å². The molecule has 3 rings (SSSR count). The molecule has 2 aromatic carbocycles. The summed E-state index contributed by atoms with van der Waals surface area (Å²) in [5.41, 5.74) is 2.95. The summed E-state index contributed by atoms with van der Waals surface area (Å²) >= 11 is 0. The van der Waals surface area contributed by atoms with Crippen molar-refractivity contribution in [1.29, 1.82) is 0 Å². The minimum Gasteiger partial charge on any atom is -0.496 e. The number of benzene rings is 2. The van der Waals surface area contributed by atoms with Gasteiger partial charge in [0.2, 0.25) is 0 Å². The fourth-order valence-electron chi connectivity index (χ4n) is 3.19. The molecular formula is C22H22N2O4. The lowest BCUT2D eigenvalue weighted by Gasteiger charge is -2.16. The third-order valence-corrected chi connectivity index (χ3v) is 4.47. The van der Waals surface area contributed by atoms with E-state index in [1.807, 2.05) is 24.3 Å². The van der Waals surface area contributed by atoms with E-state index in [-0.39, 0.29) is 24.9 Å². The van der Waals surface area contributed by atoms with Crippen molar-refractivity contribution in [3.63, 3.8) is 0 Å². The number of esters is 1. The van der Waals surface area contributed by atoms with E-state index in [0.29, 0.717) is 33.6 Å². The lowest BCUT2D eigenvalue weighted by Crippen LogP contribution is -2.19. The number of nitrogens with zero attached hydrogens (tertiary/aromatic N) is 1. The average Bonchev–Trinajstić information content (AvgIpc) is 2.68. The summed E-state index contributed by atoms with van der Waals surface area (Å²) in [4.78, 5) is 29.5. The smallest absolute Gasteiger partial charge is 0.310 e. The van der Waals surface area contributed by atoms with Crippen LogP contribution >= 0.6 is 0 Å². The summed E-state index contributed by atoms with van der Waals surface area (Å²) in [5.74, 6) is -0.129. The van der Waals surface area contributed by atoms with Gasteiger partial charge in [0.25, 0.3) is 5.91 Å². The van der Waals surface area contributed by atoms with Crippen molar-refractivity contribution in [3.05, 3.63) is 65.4 Å². The van der Waals surface area contributed by atoms with E-state index in [9.17, 15) is 9.59 Å². The van der Waals surface area contributed by atoms with E-state index >= 15 is 0 Å². The first kappa shape index (κ1) is 19.4. The number of anilines is 1. The third-order valence-electron chi connectivity index (χ3n) is 4.47. The zero-order valence-corrected chi connectivity index (χ0v) is 16.1. The van der Waals surface area contributed by atoms with Gasteiger partial charge in [0.05, 0.1) is 36.9 Å². The van der Waals surface area contributed by atoms with E-state index in [1.165, 1.54) is 0 Å². The summed E-state index contributed by atoms with van der Waals surface area (Å²) in [6.45, 7) is 3.83. The second-order valence-electron chi connectivity index (χ2n) is 6.24. The molecule has 0 aliphatic heterocycles. The Kier molecular flexibility index (Phi) is 5.89. The molecule has 0 atom stereocenters. The maximum absolute atomic E-state index is 13.2. The number of carbonyl (C=O) groups excluding carboxylic acids is 2. The second-order valence-corrected chi connectivity index (χ2v) is 6.24. The van der Waals surface area contributed by atoms with E-state index in [0.717, 1.165) is 5.39 Å². The molecule has 1 amide bonds. The fourth-order valence-corrected chi connectivity index (χ4v) is 3.19. The van der Waals surface area contributed by atoms with Gasteiger partial charge in [-0.15, -0.1) is 0 Å². The lowest BCUT2D eigenvalue weighted by molar-refractivity contribution is -0.142. The van der Waals surface area contributed by atoms with Gasteiger partial charge in [-0.25, -0.2) is 0 Å². The van der Waals surface area contributed by atoms with Gasteiger partial charge < -0.3 is 14.8 Å². The number of ether oxygens (including phenoxy) is 2. The first-order valence-electron chi connectivity index (χ1n) is 9.02. The summed E-state index contributed by atoms with van der Waals surface area (Å²) < 4.78 is 10.4. The zero-order chi connectivity index (χ0) is 20.1. The molecule has 0 saturated heterocycles. The Labute approximate surface area is 163 Å². The first-order valence-corrected chi connectivity index (χ1v) is 9.02. The molecule has 0 radical (unpaired) electrons. The van der Waals surface area contributed by atoms with Crippen molar-refractivity contribution in [3.8, 4) is 5.75 Å². The van der Waals surface area contributed by atoms with Crippen molar-refractivity contribution in [2.45, 2.75) is 20.3 Å². The monoisotopic (exact) mass is 378 g/mol. The van der Waals surface area contributed by atoms with Crippen LogP contribution in [0, 0.1) is 6.92 Å². The number of methoxy groups -OCH3 is 1. The highest BCUT2D eigenvalue weighted by molar-refractivity contribution is 6.10. The van der Waals surface area contributed by atoms with Crippen molar-refractivity contribution in [2.24, 2.45) is 0 Å². The van der Waals surface area contributed by atoms with Gasteiger partial charge in [-0.05, 0) is 37.6 Å². The van der Waals surface area contributed by atoms with E-state index < -0.39 is 0 Å². The van der Waals surface area contributed by atoms with Gasteiger partial charge in [-0.1, -0.05) is 24.3 Å². The highest BCUT2D eigenvalue weighted by Crippen LogP contribution is 2.28. The standard InChI is InChI=1S/C22H22N2O4/c1-4-28-19(25)13-16-10-11-18(27-3)14(2)20(16)22(26)24-17-9-5-7-15-8-6-12-23-21(15)17/h5-12H,4,13H2,1-3H3,(H,24,26). The molecule has 6 nitrogen and oxygen atoms in total. The SMILES string of the molecule is CCOC(=O)Cc1ccc(OC)c(C)c1C(=O)Nc1cccc2cccnc12. The van der Waals surface area contributed by atoms with Crippen LogP contribution in [0.5, 0.6) is 5.75 Å². The number of nitrogens with one attached hydrogen (secondary N) is 1. The van der Waals surface area contributed by atoms with Gasteiger partial charge >= 0.3 is 5.97 Å². The van der Waals surface area contributed by atoms with Gasteiger partial charge in [-0.2, -0.15) is 0 Å². The minimum absolute atomic E-state index is 0.00914. The molecule has 0 spiro atoms. The Morgan fingerprint density at radius 1 is 1.11 bits per heavy atom. The van der Waals surface area contributed by atoms with Gasteiger partial charge in [0.1, 0.15) is 5.75 Å². The molecule has 3 aromatic rings. The summed E-state index contributed by atoms with van der Waals surface area (Å²) in [7, 11) is 1.55. The number of aromatic nitrogens is 1. The molecule has 1 N–H and O–H groups in total. The number of hydrogen-bond acceptors (Lipinski definition) is 5. The van der Waals surface area contributed by atoms with Crippen LogP contribution in [0.1, 0.15) is 28.4 Å². The maximum atomic E-state index is 13.2. The Morgan fingerprint density at radius 3 is 2.64 bits per heavy atom. The number of para-hydroxylation sites is 1. The molecule has 0 fully saturated rings.